The Bertz CT molecular complexity index is 752. The Labute approximate surface area is 119 Å². The van der Waals surface area contributed by atoms with E-state index in [2.05, 4.69) is 20.9 Å². The van der Waals surface area contributed by atoms with E-state index in [-0.39, 0.29) is 0 Å². The molecule has 0 bridgehead atoms. The summed E-state index contributed by atoms with van der Waals surface area (Å²) in [6.07, 6.45) is 1.89. The summed E-state index contributed by atoms with van der Waals surface area (Å²) in [5, 5.41) is 0. The smallest absolute Gasteiger partial charge is 0.139 e. The van der Waals surface area contributed by atoms with Gasteiger partial charge in [0.25, 0.3) is 0 Å². The van der Waals surface area contributed by atoms with Crippen LogP contribution < -0.4 is 10.5 Å². The highest BCUT2D eigenvalue weighted by Gasteiger charge is 2.15. The van der Waals surface area contributed by atoms with Crippen molar-refractivity contribution in [3.8, 4) is 17.0 Å². The Kier molecular flexibility index (Phi) is 2.91. The maximum absolute atomic E-state index is 6.17. The van der Waals surface area contributed by atoms with Crippen molar-refractivity contribution in [1.82, 2.24) is 9.38 Å². The second-order valence-corrected chi connectivity index (χ2v) is 5.03. The minimum atomic E-state index is 0.604. The van der Waals surface area contributed by atoms with Gasteiger partial charge in [-0.25, -0.2) is 4.98 Å². The van der Waals surface area contributed by atoms with E-state index in [9.17, 15) is 0 Å². The molecule has 0 aliphatic rings. The molecular formula is C14H12BrN3O. The van der Waals surface area contributed by atoms with E-state index in [0.29, 0.717) is 5.82 Å². The number of methoxy groups -OCH3 is 1. The average Bonchev–Trinajstić information content (AvgIpc) is 2.76. The van der Waals surface area contributed by atoms with Crippen LogP contribution in [0, 0.1) is 0 Å². The molecule has 0 aliphatic heterocycles. The largest absolute Gasteiger partial charge is 0.496 e. The monoisotopic (exact) mass is 317 g/mol. The third-order valence-electron chi connectivity index (χ3n) is 2.98. The average molecular weight is 318 g/mol. The quantitative estimate of drug-likeness (QED) is 0.788. The zero-order valence-corrected chi connectivity index (χ0v) is 11.9. The zero-order chi connectivity index (χ0) is 13.4. The number of nitrogens with zero attached hydrogens (tertiary/aromatic N) is 2. The minimum Gasteiger partial charge on any atom is -0.496 e. The van der Waals surface area contributed by atoms with Gasteiger partial charge >= 0.3 is 0 Å². The van der Waals surface area contributed by atoms with Crippen molar-refractivity contribution in [2.24, 2.45) is 0 Å². The first-order valence-electron chi connectivity index (χ1n) is 5.77. The number of benzene rings is 1. The van der Waals surface area contributed by atoms with Crippen molar-refractivity contribution in [1.29, 1.82) is 0 Å². The van der Waals surface area contributed by atoms with Gasteiger partial charge in [0.1, 0.15) is 22.9 Å². The predicted molar refractivity (Wildman–Crippen MR) is 79.3 cm³/mol. The molecule has 0 saturated heterocycles. The molecule has 0 fully saturated rings. The molecule has 96 valence electrons. The first-order chi connectivity index (χ1) is 9.20. The van der Waals surface area contributed by atoms with E-state index in [1.54, 1.807) is 7.11 Å². The lowest BCUT2D eigenvalue weighted by Gasteiger charge is -2.07. The molecule has 19 heavy (non-hydrogen) atoms. The number of fused-ring (bicyclic) bond motifs is 1. The molecule has 3 aromatic rings. The summed E-state index contributed by atoms with van der Waals surface area (Å²) in [5.74, 6) is 1.35. The van der Waals surface area contributed by atoms with Gasteiger partial charge in [-0.2, -0.15) is 0 Å². The van der Waals surface area contributed by atoms with Gasteiger partial charge in [-0.1, -0.05) is 22.0 Å². The first-order valence-corrected chi connectivity index (χ1v) is 6.56. The molecule has 3 rings (SSSR count). The lowest BCUT2D eigenvalue weighted by atomic mass is 10.1. The molecule has 0 amide bonds. The van der Waals surface area contributed by atoms with Crippen molar-refractivity contribution in [2.45, 2.75) is 0 Å². The maximum atomic E-state index is 6.17. The SMILES string of the molecule is COc1ccc(Br)cc1-c1nc2ccccn2c1N. The molecule has 0 spiro atoms. The normalized spacial score (nSPS) is 10.8. The molecular weight excluding hydrogens is 306 g/mol. The van der Waals surface area contributed by atoms with E-state index < -0.39 is 0 Å². The van der Waals surface area contributed by atoms with E-state index in [1.807, 2.05) is 47.0 Å². The van der Waals surface area contributed by atoms with Gasteiger partial charge in [-0.05, 0) is 30.3 Å². The van der Waals surface area contributed by atoms with Gasteiger partial charge in [-0.15, -0.1) is 0 Å². The summed E-state index contributed by atoms with van der Waals surface area (Å²) >= 11 is 3.46. The van der Waals surface area contributed by atoms with Crippen molar-refractivity contribution >= 4 is 27.4 Å². The standard InChI is InChI=1S/C14H12BrN3O/c1-19-11-6-5-9(15)8-10(11)13-14(16)18-7-3-2-4-12(18)17-13/h2-8H,16H2,1H3. The number of nitrogen functional groups attached to an aromatic ring is 1. The first kappa shape index (κ1) is 12.0. The van der Waals surface area contributed by atoms with Crippen LogP contribution in [0.2, 0.25) is 0 Å². The van der Waals surface area contributed by atoms with Gasteiger partial charge in [0.2, 0.25) is 0 Å². The van der Waals surface area contributed by atoms with Crippen LogP contribution in [0.1, 0.15) is 0 Å². The molecule has 5 heteroatoms. The van der Waals surface area contributed by atoms with Crippen LogP contribution in [-0.2, 0) is 0 Å². The van der Waals surface area contributed by atoms with Gasteiger partial charge < -0.3 is 10.5 Å². The van der Waals surface area contributed by atoms with E-state index in [4.69, 9.17) is 10.5 Å². The highest BCUT2D eigenvalue weighted by atomic mass is 79.9. The molecule has 0 saturated carbocycles. The van der Waals surface area contributed by atoms with Crippen LogP contribution in [0.3, 0.4) is 0 Å². The highest BCUT2D eigenvalue weighted by molar-refractivity contribution is 9.10. The van der Waals surface area contributed by atoms with Gasteiger partial charge in [0.05, 0.1) is 7.11 Å². The predicted octanol–water partition coefficient (Wildman–Crippen LogP) is 3.35. The Balaban J connectivity index is 2.30. The fraction of sp³-hybridized carbons (Fsp3) is 0.0714. The van der Waals surface area contributed by atoms with Crippen molar-refractivity contribution in [3.05, 3.63) is 47.1 Å². The van der Waals surface area contributed by atoms with Crippen LogP contribution in [0.25, 0.3) is 16.9 Å². The number of aromatic nitrogens is 2. The topological polar surface area (TPSA) is 52.5 Å². The number of rotatable bonds is 2. The van der Waals surface area contributed by atoms with E-state index in [1.165, 1.54) is 0 Å². The number of ether oxygens (including phenoxy) is 1. The molecule has 0 aliphatic carbocycles. The summed E-state index contributed by atoms with van der Waals surface area (Å²) in [6.45, 7) is 0. The maximum Gasteiger partial charge on any atom is 0.139 e. The lowest BCUT2D eigenvalue weighted by Crippen LogP contribution is -1.95. The highest BCUT2D eigenvalue weighted by Crippen LogP contribution is 2.35. The molecule has 0 unspecified atom stereocenters. The van der Waals surface area contributed by atoms with Gasteiger partial charge in [-0.3, -0.25) is 4.40 Å². The second kappa shape index (κ2) is 4.59. The van der Waals surface area contributed by atoms with Gasteiger partial charge in [0, 0.05) is 16.2 Å². The number of imidazole rings is 1. The molecule has 2 aromatic heterocycles. The molecule has 2 heterocycles. The molecule has 2 N–H and O–H groups in total. The number of hydrogen-bond acceptors (Lipinski definition) is 3. The Hall–Kier alpha value is -2.01. The lowest BCUT2D eigenvalue weighted by molar-refractivity contribution is 0.416. The second-order valence-electron chi connectivity index (χ2n) is 4.12. The zero-order valence-electron chi connectivity index (χ0n) is 10.3. The molecule has 4 nitrogen and oxygen atoms in total. The summed E-state index contributed by atoms with van der Waals surface area (Å²) < 4.78 is 8.20. The van der Waals surface area contributed by atoms with Crippen LogP contribution in [0.4, 0.5) is 5.82 Å². The van der Waals surface area contributed by atoms with Crippen LogP contribution in [-0.4, -0.2) is 16.5 Å². The Morgan fingerprint density at radius 2 is 2.11 bits per heavy atom. The van der Waals surface area contributed by atoms with E-state index >= 15 is 0 Å². The van der Waals surface area contributed by atoms with Crippen LogP contribution in [0.15, 0.2) is 47.1 Å². The van der Waals surface area contributed by atoms with E-state index in [0.717, 1.165) is 27.1 Å². The van der Waals surface area contributed by atoms with Crippen LogP contribution in [0.5, 0.6) is 5.75 Å². The van der Waals surface area contributed by atoms with Crippen molar-refractivity contribution in [2.75, 3.05) is 12.8 Å². The third kappa shape index (κ3) is 1.96. The Morgan fingerprint density at radius 3 is 2.84 bits per heavy atom. The summed E-state index contributed by atoms with van der Waals surface area (Å²) in [7, 11) is 1.64. The fourth-order valence-electron chi connectivity index (χ4n) is 2.08. The van der Waals surface area contributed by atoms with Gasteiger partial charge in [0.15, 0.2) is 0 Å². The molecule has 0 atom stereocenters. The molecule has 1 aromatic carbocycles. The minimum absolute atomic E-state index is 0.604. The summed E-state index contributed by atoms with van der Waals surface area (Å²) in [4.78, 5) is 4.57. The van der Waals surface area contributed by atoms with Crippen molar-refractivity contribution in [3.63, 3.8) is 0 Å². The Morgan fingerprint density at radius 1 is 1.26 bits per heavy atom. The third-order valence-corrected chi connectivity index (χ3v) is 3.48. The number of hydrogen-bond donors (Lipinski definition) is 1. The summed E-state index contributed by atoms with van der Waals surface area (Å²) in [6, 6.07) is 11.6. The number of anilines is 1. The van der Waals surface area contributed by atoms with Crippen LogP contribution >= 0.6 is 15.9 Å². The summed E-state index contributed by atoms with van der Waals surface area (Å²) in [5.41, 5.74) is 8.59. The number of pyridine rings is 1. The molecule has 0 radical (unpaired) electrons. The number of halogens is 1. The van der Waals surface area contributed by atoms with Crippen molar-refractivity contribution < 1.29 is 4.74 Å². The number of nitrogens with two attached hydrogens (primary N) is 1. The fourth-order valence-corrected chi connectivity index (χ4v) is 2.44.